The largest absolute Gasteiger partial charge is 0.465 e. The zero-order chi connectivity index (χ0) is 19.7. The molecule has 0 saturated heterocycles. The fourth-order valence-electron chi connectivity index (χ4n) is 3.35. The van der Waals surface area contributed by atoms with E-state index in [1.165, 1.54) is 7.11 Å². The first-order valence-corrected chi connectivity index (χ1v) is 8.89. The van der Waals surface area contributed by atoms with Crippen molar-refractivity contribution in [3.05, 3.63) is 72.1 Å². The van der Waals surface area contributed by atoms with Gasteiger partial charge in [-0.15, -0.1) is 0 Å². The maximum atomic E-state index is 12.8. The van der Waals surface area contributed by atoms with E-state index in [1.54, 1.807) is 12.1 Å². The summed E-state index contributed by atoms with van der Waals surface area (Å²) in [5, 5.41) is 4.69. The van der Waals surface area contributed by atoms with Gasteiger partial charge in [-0.3, -0.25) is 4.79 Å². The van der Waals surface area contributed by atoms with E-state index in [2.05, 4.69) is 10.3 Å². The average Bonchev–Trinajstić information content (AvgIpc) is 3.02. The topological polar surface area (TPSA) is 73.2 Å². The molecule has 1 amide bonds. The van der Waals surface area contributed by atoms with E-state index in [4.69, 9.17) is 4.74 Å². The van der Waals surface area contributed by atoms with E-state index >= 15 is 0 Å². The van der Waals surface area contributed by atoms with Crippen LogP contribution in [0.15, 0.2) is 60.7 Å². The summed E-state index contributed by atoms with van der Waals surface area (Å²) in [4.78, 5) is 29.5. The van der Waals surface area contributed by atoms with Crippen molar-refractivity contribution in [1.29, 1.82) is 0 Å². The Morgan fingerprint density at radius 3 is 2.46 bits per heavy atom. The molecule has 1 aromatic heterocycles. The molecular formula is C22H19N3O3. The predicted molar refractivity (Wildman–Crippen MR) is 108 cm³/mol. The summed E-state index contributed by atoms with van der Waals surface area (Å²) in [6.07, 6.45) is 0. The average molecular weight is 373 g/mol. The van der Waals surface area contributed by atoms with Gasteiger partial charge >= 0.3 is 5.97 Å². The molecule has 0 aliphatic heterocycles. The number of nitrogens with one attached hydrogen (secondary N) is 1. The van der Waals surface area contributed by atoms with Crippen LogP contribution >= 0.6 is 0 Å². The number of nitrogens with zero attached hydrogens (tertiary/aromatic N) is 2. The Kier molecular flexibility index (Phi) is 4.53. The fraction of sp³-hybridized carbons (Fsp3) is 0.136. The molecule has 4 rings (SSSR count). The van der Waals surface area contributed by atoms with Crippen molar-refractivity contribution in [1.82, 2.24) is 9.55 Å². The molecule has 6 nitrogen and oxygen atoms in total. The molecule has 6 heteroatoms. The monoisotopic (exact) mass is 373 g/mol. The molecule has 0 bridgehead atoms. The molecule has 0 aliphatic carbocycles. The highest BCUT2D eigenvalue weighted by atomic mass is 16.5. The zero-order valence-electron chi connectivity index (χ0n) is 15.6. The van der Waals surface area contributed by atoms with Gasteiger partial charge in [-0.1, -0.05) is 36.4 Å². The number of benzene rings is 3. The molecule has 0 fully saturated rings. The lowest BCUT2D eigenvalue weighted by Crippen LogP contribution is -2.21. The second-order valence-corrected chi connectivity index (χ2v) is 6.52. The molecule has 0 saturated carbocycles. The van der Waals surface area contributed by atoms with Crippen LogP contribution in [-0.4, -0.2) is 28.5 Å². The number of amides is 1. The second-order valence-electron chi connectivity index (χ2n) is 6.52. The number of anilines is 1. The first kappa shape index (κ1) is 17.7. The number of aromatic nitrogens is 2. The normalized spacial score (nSPS) is 10.9. The number of fused-ring (bicyclic) bond motifs is 2. The van der Waals surface area contributed by atoms with E-state index in [0.29, 0.717) is 11.3 Å². The van der Waals surface area contributed by atoms with Crippen molar-refractivity contribution in [3.8, 4) is 0 Å². The summed E-state index contributed by atoms with van der Waals surface area (Å²) in [6, 6.07) is 18.8. The van der Waals surface area contributed by atoms with E-state index in [1.807, 2.05) is 60.0 Å². The van der Waals surface area contributed by atoms with E-state index in [-0.39, 0.29) is 12.5 Å². The van der Waals surface area contributed by atoms with Gasteiger partial charge in [0.15, 0.2) is 0 Å². The Labute approximate surface area is 161 Å². The van der Waals surface area contributed by atoms with Crippen LogP contribution in [0.25, 0.3) is 21.8 Å². The summed E-state index contributed by atoms with van der Waals surface area (Å²) in [6.45, 7) is 1.96. The number of hydrogen-bond donors (Lipinski definition) is 1. The molecular weight excluding hydrogens is 354 g/mol. The number of imidazole rings is 1. The number of hydrogen-bond acceptors (Lipinski definition) is 4. The summed E-state index contributed by atoms with van der Waals surface area (Å²) in [5.41, 5.74) is 2.48. The molecule has 1 N–H and O–H groups in total. The van der Waals surface area contributed by atoms with Crippen LogP contribution in [0.4, 0.5) is 5.69 Å². The molecule has 0 radical (unpaired) electrons. The summed E-state index contributed by atoms with van der Waals surface area (Å²) >= 11 is 0. The maximum Gasteiger partial charge on any atom is 0.339 e. The van der Waals surface area contributed by atoms with Crippen LogP contribution in [0.2, 0.25) is 0 Å². The lowest BCUT2D eigenvalue weighted by Gasteiger charge is -2.13. The predicted octanol–water partition coefficient (Wildman–Crippen LogP) is 3.92. The van der Waals surface area contributed by atoms with Crippen molar-refractivity contribution in [2.75, 3.05) is 12.4 Å². The van der Waals surface area contributed by atoms with Gasteiger partial charge in [-0.25, -0.2) is 9.78 Å². The highest BCUT2D eigenvalue weighted by Crippen LogP contribution is 2.25. The Balaban J connectivity index is 1.67. The maximum absolute atomic E-state index is 12.8. The highest BCUT2D eigenvalue weighted by Gasteiger charge is 2.17. The molecule has 0 unspecified atom stereocenters. The number of aryl methyl sites for hydroxylation is 1. The van der Waals surface area contributed by atoms with Gasteiger partial charge in [-0.2, -0.15) is 0 Å². The van der Waals surface area contributed by atoms with Gasteiger partial charge in [0, 0.05) is 0 Å². The van der Waals surface area contributed by atoms with Crippen LogP contribution in [-0.2, 0) is 16.1 Å². The van der Waals surface area contributed by atoms with E-state index in [0.717, 1.165) is 27.6 Å². The lowest BCUT2D eigenvalue weighted by atomic mass is 10.0. The van der Waals surface area contributed by atoms with Gasteiger partial charge < -0.3 is 14.6 Å². The van der Waals surface area contributed by atoms with Gasteiger partial charge in [-0.05, 0) is 42.0 Å². The first-order valence-electron chi connectivity index (χ1n) is 8.89. The summed E-state index contributed by atoms with van der Waals surface area (Å²) in [5.74, 6) is 0.0139. The number of carbonyl (C=O) groups excluding carboxylic acids is 2. The number of rotatable bonds is 4. The standard InChI is InChI=1S/C22H19N3O3/c1-14-23-18-9-5-6-10-20(18)25(14)13-21(26)24-19-12-16-8-4-3-7-15(16)11-17(19)22(27)28-2/h3-12H,13H2,1-2H3,(H,24,26). The fourth-order valence-corrected chi connectivity index (χ4v) is 3.35. The van der Waals surface area contributed by atoms with Crippen molar-refractivity contribution in [2.24, 2.45) is 0 Å². The van der Waals surface area contributed by atoms with Crippen molar-refractivity contribution in [2.45, 2.75) is 13.5 Å². The highest BCUT2D eigenvalue weighted by molar-refractivity contribution is 6.05. The third-order valence-corrected chi connectivity index (χ3v) is 4.71. The minimum absolute atomic E-state index is 0.0970. The van der Waals surface area contributed by atoms with Crippen LogP contribution in [0.3, 0.4) is 0 Å². The third-order valence-electron chi connectivity index (χ3n) is 4.71. The van der Waals surface area contributed by atoms with Crippen molar-refractivity contribution < 1.29 is 14.3 Å². The smallest absolute Gasteiger partial charge is 0.339 e. The number of para-hydroxylation sites is 2. The molecule has 140 valence electrons. The van der Waals surface area contributed by atoms with Crippen LogP contribution in [0.5, 0.6) is 0 Å². The van der Waals surface area contributed by atoms with E-state index in [9.17, 15) is 9.59 Å². The van der Waals surface area contributed by atoms with Crippen molar-refractivity contribution in [3.63, 3.8) is 0 Å². The van der Waals surface area contributed by atoms with Gasteiger partial charge in [0.05, 0.1) is 29.4 Å². The van der Waals surface area contributed by atoms with Crippen LogP contribution < -0.4 is 5.32 Å². The molecule has 28 heavy (non-hydrogen) atoms. The minimum Gasteiger partial charge on any atom is -0.465 e. The zero-order valence-corrected chi connectivity index (χ0v) is 15.6. The Bertz CT molecular complexity index is 1210. The summed E-state index contributed by atoms with van der Waals surface area (Å²) < 4.78 is 6.74. The Morgan fingerprint density at radius 2 is 1.71 bits per heavy atom. The number of ether oxygens (including phenoxy) is 1. The first-order chi connectivity index (χ1) is 13.6. The minimum atomic E-state index is -0.495. The van der Waals surface area contributed by atoms with Crippen LogP contribution in [0, 0.1) is 6.92 Å². The quantitative estimate of drug-likeness (QED) is 0.550. The lowest BCUT2D eigenvalue weighted by molar-refractivity contribution is -0.116. The van der Waals surface area contributed by atoms with Gasteiger partial charge in [0.1, 0.15) is 12.4 Å². The third kappa shape index (κ3) is 3.20. The number of carbonyl (C=O) groups is 2. The molecule has 3 aromatic carbocycles. The molecule has 4 aromatic rings. The molecule has 0 spiro atoms. The van der Waals surface area contributed by atoms with Crippen LogP contribution in [0.1, 0.15) is 16.2 Å². The molecule has 1 heterocycles. The Morgan fingerprint density at radius 1 is 1.04 bits per heavy atom. The van der Waals surface area contributed by atoms with Gasteiger partial charge in [0.2, 0.25) is 5.91 Å². The van der Waals surface area contributed by atoms with E-state index < -0.39 is 5.97 Å². The number of methoxy groups -OCH3 is 1. The SMILES string of the molecule is COC(=O)c1cc2ccccc2cc1NC(=O)Cn1c(C)nc2ccccc21. The molecule has 0 aliphatic rings. The van der Waals surface area contributed by atoms with Crippen molar-refractivity contribution >= 4 is 39.4 Å². The number of esters is 1. The Hall–Kier alpha value is -3.67. The molecule has 0 atom stereocenters. The summed E-state index contributed by atoms with van der Waals surface area (Å²) in [7, 11) is 1.32. The van der Waals surface area contributed by atoms with Gasteiger partial charge in [0.25, 0.3) is 0 Å². The second kappa shape index (κ2) is 7.15.